The quantitative estimate of drug-likeness (QED) is 0.478. The summed E-state index contributed by atoms with van der Waals surface area (Å²) in [6.45, 7) is 15.5. The number of urea groups is 1. The number of nitrogens with zero attached hydrogens (tertiary/aromatic N) is 6. The number of esters is 1. The number of likely N-dealkylation sites (N-methyl/N-ethyl adjacent to an activating group) is 1. The zero-order valence-electron chi connectivity index (χ0n) is 19.3. The number of ether oxygens (including phenoxy) is 1. The molecule has 3 aliphatic heterocycles. The monoisotopic (exact) mass is 466 g/mol. The smallest absolute Gasteiger partial charge is 0.328 e. The van der Waals surface area contributed by atoms with Crippen LogP contribution in [0.5, 0.6) is 0 Å². The Labute approximate surface area is 196 Å². The van der Waals surface area contributed by atoms with E-state index in [0.29, 0.717) is 18.7 Å². The maximum atomic E-state index is 13.4. The Morgan fingerprint density at radius 1 is 1.35 bits per heavy atom. The van der Waals surface area contributed by atoms with Crippen molar-refractivity contribution in [3.63, 3.8) is 0 Å². The molecule has 0 aliphatic carbocycles. The second-order valence-corrected chi connectivity index (χ2v) is 8.33. The zero-order valence-corrected chi connectivity index (χ0v) is 19.3. The number of allylic oxidation sites excluding steroid dienone is 1. The van der Waals surface area contributed by atoms with Crippen LogP contribution < -0.4 is 16.2 Å². The number of nitrogens with one attached hydrogen (secondary N) is 2. The largest absolute Gasteiger partial charge is 0.421 e. The minimum Gasteiger partial charge on any atom is -0.421 e. The van der Waals surface area contributed by atoms with E-state index in [9.17, 15) is 19.6 Å². The van der Waals surface area contributed by atoms with Crippen LogP contribution in [0, 0.1) is 24.8 Å². The van der Waals surface area contributed by atoms with Gasteiger partial charge in [0, 0.05) is 24.3 Å². The van der Waals surface area contributed by atoms with Gasteiger partial charge in [-0.25, -0.2) is 19.2 Å². The molecule has 2 N–H and O–H groups in total. The molecule has 12 nitrogen and oxygen atoms in total. The fourth-order valence-electron chi connectivity index (χ4n) is 5.05. The summed E-state index contributed by atoms with van der Waals surface area (Å²) in [7, 11) is 0. The van der Waals surface area contributed by atoms with E-state index in [-0.39, 0.29) is 23.1 Å². The molecule has 2 saturated heterocycles. The van der Waals surface area contributed by atoms with Crippen molar-refractivity contribution in [3.05, 3.63) is 45.1 Å². The van der Waals surface area contributed by atoms with Gasteiger partial charge in [0.1, 0.15) is 17.9 Å². The second-order valence-electron chi connectivity index (χ2n) is 8.33. The third-order valence-electron chi connectivity index (χ3n) is 6.53. The lowest BCUT2D eigenvalue weighted by molar-refractivity contribution is -0.192. The van der Waals surface area contributed by atoms with Crippen molar-refractivity contribution < 1.29 is 14.3 Å². The summed E-state index contributed by atoms with van der Waals surface area (Å²) in [5.74, 6) is -3.20. The van der Waals surface area contributed by atoms with Gasteiger partial charge in [-0.15, -0.1) is 0 Å². The number of piperidine rings is 1. The first-order valence-electron chi connectivity index (χ1n) is 11.2. The first-order valence-corrected chi connectivity index (χ1v) is 11.2. The normalized spacial score (nSPS) is 26.6. The molecule has 2 fully saturated rings. The molecule has 12 heteroatoms. The van der Waals surface area contributed by atoms with Crippen LogP contribution in [0.25, 0.3) is 10.4 Å². The molecule has 4 rings (SSSR count). The molecule has 0 bridgehead atoms. The average molecular weight is 467 g/mol. The molecule has 4 heterocycles. The molecule has 178 valence electrons. The summed E-state index contributed by atoms with van der Waals surface area (Å²) in [6, 6.07) is 2.69. The highest BCUT2D eigenvalue weighted by Crippen LogP contribution is 2.45. The van der Waals surface area contributed by atoms with Crippen molar-refractivity contribution in [2.75, 3.05) is 26.2 Å². The maximum absolute atomic E-state index is 13.4. The highest BCUT2D eigenvalue weighted by Gasteiger charge is 2.61. The third kappa shape index (κ3) is 3.43. The highest BCUT2D eigenvalue weighted by atomic mass is 16.6. The van der Waals surface area contributed by atoms with Crippen molar-refractivity contribution in [1.82, 2.24) is 30.0 Å². The summed E-state index contributed by atoms with van der Waals surface area (Å²) < 4.78 is 6.73. The molecule has 0 aromatic carbocycles. The Morgan fingerprint density at radius 2 is 2.09 bits per heavy atom. The van der Waals surface area contributed by atoms with Crippen LogP contribution in [-0.2, 0) is 15.4 Å². The van der Waals surface area contributed by atoms with E-state index in [1.54, 1.807) is 6.92 Å². The summed E-state index contributed by atoms with van der Waals surface area (Å²) in [5, 5.41) is 15.7. The van der Waals surface area contributed by atoms with Gasteiger partial charge >= 0.3 is 17.8 Å². The summed E-state index contributed by atoms with van der Waals surface area (Å²) in [4.78, 5) is 50.5. The van der Waals surface area contributed by atoms with E-state index in [1.165, 1.54) is 11.0 Å². The second kappa shape index (κ2) is 8.89. The van der Waals surface area contributed by atoms with Gasteiger partial charge in [0.25, 0.3) is 11.3 Å². The molecule has 0 saturated carbocycles. The van der Waals surface area contributed by atoms with Gasteiger partial charge in [-0.05, 0) is 32.9 Å². The van der Waals surface area contributed by atoms with Crippen LogP contribution >= 0.6 is 0 Å². The van der Waals surface area contributed by atoms with Crippen LogP contribution in [0.3, 0.4) is 0 Å². The number of fused-ring (bicyclic) bond motifs is 2. The lowest BCUT2D eigenvalue weighted by Crippen LogP contribution is -2.67. The summed E-state index contributed by atoms with van der Waals surface area (Å²) in [6.07, 6.45) is 0.543. The van der Waals surface area contributed by atoms with Crippen LogP contribution in [0.4, 0.5) is 4.79 Å². The number of aryl methyl sites for hydroxylation is 1. The zero-order chi connectivity index (χ0) is 24.6. The number of rotatable bonds is 4. The average Bonchev–Trinajstić information content (AvgIpc) is 3.00. The predicted molar refractivity (Wildman–Crippen MR) is 119 cm³/mol. The van der Waals surface area contributed by atoms with Gasteiger partial charge in [-0.3, -0.25) is 24.7 Å². The Hall–Kier alpha value is -3.74. The molecule has 3 unspecified atom stereocenters. The van der Waals surface area contributed by atoms with E-state index in [4.69, 9.17) is 11.3 Å². The lowest BCUT2D eigenvalue weighted by Gasteiger charge is -2.46. The van der Waals surface area contributed by atoms with E-state index in [0.717, 1.165) is 24.1 Å². The van der Waals surface area contributed by atoms with Crippen LogP contribution in [0.15, 0.2) is 16.6 Å². The van der Waals surface area contributed by atoms with Gasteiger partial charge in [-0.1, -0.05) is 13.8 Å². The van der Waals surface area contributed by atoms with Gasteiger partial charge in [0.15, 0.2) is 0 Å². The molecular weight excluding hydrogens is 440 g/mol. The number of nitriles is 1. The maximum Gasteiger partial charge on any atom is 0.328 e. The van der Waals surface area contributed by atoms with Crippen LogP contribution in [0.2, 0.25) is 0 Å². The lowest BCUT2D eigenvalue weighted by atomic mass is 10.0. The number of carbonyl (C=O) groups excluding carboxylic acids is 2. The van der Waals surface area contributed by atoms with Gasteiger partial charge in [-0.2, -0.15) is 5.26 Å². The highest BCUT2D eigenvalue weighted by molar-refractivity contribution is 5.88. The topological polar surface area (TPSA) is 137 Å². The third-order valence-corrected chi connectivity index (χ3v) is 6.53. The predicted octanol–water partition coefficient (Wildman–Crippen LogP) is 0.318. The molecule has 2 amide bonds. The number of hydrogen-bond acceptors (Lipinski definition) is 8. The molecular formula is C22H26N8O4. The standard InChI is InChI=1S/C22H26N8O4/c1-5-28(6-2)14-7-8-16(25-11-14)29-21(33)26-12-18(32)34-22(29)19(24-4)15(10-23)20-27-13(3)9-17(31)30(20)22/h9,14,16,25H,5-8,11-12H2,1-3H3,(H,26,33). The molecule has 0 radical (unpaired) electrons. The molecule has 3 aliphatic rings. The molecule has 1 aromatic heterocycles. The fraction of sp³-hybridized carbons (Fsp3) is 0.545. The first kappa shape index (κ1) is 23.4. The van der Waals surface area contributed by atoms with Gasteiger partial charge in [0.2, 0.25) is 0 Å². The Balaban J connectivity index is 1.89. The van der Waals surface area contributed by atoms with Crippen molar-refractivity contribution in [2.45, 2.75) is 51.7 Å². The Bertz CT molecular complexity index is 1200. The van der Waals surface area contributed by atoms with Crippen molar-refractivity contribution in [2.24, 2.45) is 0 Å². The van der Waals surface area contributed by atoms with E-state index < -0.39 is 36.1 Å². The number of amides is 2. The van der Waals surface area contributed by atoms with Crippen LogP contribution in [0.1, 0.15) is 38.2 Å². The van der Waals surface area contributed by atoms with Crippen molar-refractivity contribution >= 4 is 17.6 Å². The van der Waals surface area contributed by atoms with E-state index in [2.05, 4.69) is 39.2 Å². The Morgan fingerprint density at radius 3 is 2.68 bits per heavy atom. The number of carbonyl (C=O) groups is 2. The van der Waals surface area contributed by atoms with Gasteiger partial charge < -0.3 is 10.1 Å². The molecule has 34 heavy (non-hydrogen) atoms. The molecule has 3 atom stereocenters. The minimum atomic E-state index is -2.25. The first-order chi connectivity index (χ1) is 16.3. The SMILES string of the molecule is [C-]#[N+]C1=C(C#N)c2nc(C)cc(=O)n2C12OC(=O)CNC(=O)N2C1CCC(N(CC)CC)CN1. The summed E-state index contributed by atoms with van der Waals surface area (Å²) in [5.41, 5.74) is -0.860. The van der Waals surface area contributed by atoms with Crippen molar-refractivity contribution in [1.29, 1.82) is 5.26 Å². The fourth-order valence-corrected chi connectivity index (χ4v) is 5.05. The molecule has 1 aromatic rings. The Kier molecular flexibility index (Phi) is 6.13. The van der Waals surface area contributed by atoms with Crippen molar-refractivity contribution in [3.8, 4) is 6.07 Å². The number of hydrogen-bond donors (Lipinski definition) is 2. The number of aromatic nitrogens is 2. The van der Waals surface area contributed by atoms with E-state index >= 15 is 0 Å². The van der Waals surface area contributed by atoms with E-state index in [1.807, 2.05) is 6.07 Å². The van der Waals surface area contributed by atoms with Gasteiger partial charge in [0.05, 0.1) is 18.8 Å². The summed E-state index contributed by atoms with van der Waals surface area (Å²) >= 11 is 0. The minimum absolute atomic E-state index is 0.108. The molecule has 1 spiro atoms. The van der Waals surface area contributed by atoms with Crippen LogP contribution in [-0.4, -0.2) is 69.7 Å².